The van der Waals surface area contributed by atoms with Gasteiger partial charge >= 0.3 is 5.97 Å². The molecule has 1 aromatic carbocycles. The van der Waals surface area contributed by atoms with Gasteiger partial charge in [-0.3, -0.25) is 4.79 Å². The summed E-state index contributed by atoms with van der Waals surface area (Å²) < 4.78 is 5.63. The molecule has 4 N–H and O–H groups in total. The summed E-state index contributed by atoms with van der Waals surface area (Å²) in [5.74, 6) is -1.39. The fraction of sp³-hybridized carbons (Fsp3) is 0.500. The van der Waals surface area contributed by atoms with Crippen LogP contribution in [0.15, 0.2) is 18.2 Å². The van der Waals surface area contributed by atoms with E-state index in [0.29, 0.717) is 19.5 Å². The number of hydrogen-bond donors (Lipinski definition) is 4. The first-order valence-corrected chi connectivity index (χ1v) is 7.98. The number of likely N-dealkylation sites (tertiary alicyclic amines) is 1. The highest BCUT2D eigenvalue weighted by molar-refractivity contribution is 5.94. The molecule has 0 saturated carbocycles. The van der Waals surface area contributed by atoms with Gasteiger partial charge in [0.25, 0.3) is 0 Å². The van der Waals surface area contributed by atoms with Crippen LogP contribution in [0.1, 0.15) is 16.8 Å². The topological polar surface area (TPSA) is 111 Å². The minimum atomic E-state index is -1.24. The molecule has 2 saturated heterocycles. The number of nitrogens with zero attached hydrogens (tertiary/aromatic N) is 1. The van der Waals surface area contributed by atoms with Crippen LogP contribution in [0.5, 0.6) is 11.5 Å². The zero-order valence-corrected chi connectivity index (χ0v) is 13.2. The SMILES string of the molecule is O=C(O)c1c(O)cccc1OC1CN(C(=O)CC2CNCCN2)C1. The van der Waals surface area contributed by atoms with E-state index in [4.69, 9.17) is 9.84 Å². The molecular weight excluding hydrogens is 314 g/mol. The van der Waals surface area contributed by atoms with Gasteiger partial charge in [-0.05, 0) is 12.1 Å². The fourth-order valence-corrected chi connectivity index (χ4v) is 2.93. The van der Waals surface area contributed by atoms with E-state index in [0.717, 1.165) is 19.6 Å². The molecule has 0 aliphatic carbocycles. The zero-order valence-electron chi connectivity index (χ0n) is 13.2. The second kappa shape index (κ2) is 7.06. The Morgan fingerprint density at radius 2 is 2.08 bits per heavy atom. The maximum Gasteiger partial charge on any atom is 0.343 e. The van der Waals surface area contributed by atoms with E-state index in [1.54, 1.807) is 4.90 Å². The number of piperazine rings is 1. The van der Waals surface area contributed by atoms with Crippen LogP contribution in [-0.2, 0) is 4.79 Å². The average Bonchev–Trinajstić information content (AvgIpc) is 2.51. The lowest BCUT2D eigenvalue weighted by Crippen LogP contribution is -2.58. The number of carboxylic acids is 1. The third kappa shape index (κ3) is 3.60. The number of carbonyl (C=O) groups excluding carboxylic acids is 1. The smallest absolute Gasteiger partial charge is 0.343 e. The lowest BCUT2D eigenvalue weighted by atomic mass is 10.1. The van der Waals surface area contributed by atoms with Crippen molar-refractivity contribution >= 4 is 11.9 Å². The van der Waals surface area contributed by atoms with Gasteiger partial charge in [-0.2, -0.15) is 0 Å². The first-order chi connectivity index (χ1) is 11.5. The maximum atomic E-state index is 12.2. The number of benzene rings is 1. The summed E-state index contributed by atoms with van der Waals surface area (Å²) >= 11 is 0. The van der Waals surface area contributed by atoms with E-state index < -0.39 is 5.97 Å². The highest BCUT2D eigenvalue weighted by Crippen LogP contribution is 2.29. The van der Waals surface area contributed by atoms with Gasteiger partial charge in [-0.1, -0.05) is 6.07 Å². The van der Waals surface area contributed by atoms with Crippen molar-refractivity contribution in [2.75, 3.05) is 32.7 Å². The number of aromatic hydroxyl groups is 1. The second-order valence-corrected chi connectivity index (χ2v) is 6.05. The molecule has 2 aliphatic heterocycles. The Labute approximate surface area is 139 Å². The molecule has 1 aromatic rings. The number of hydrogen-bond acceptors (Lipinski definition) is 6. The predicted molar refractivity (Wildman–Crippen MR) is 85.3 cm³/mol. The van der Waals surface area contributed by atoms with Crippen molar-refractivity contribution in [2.45, 2.75) is 18.6 Å². The Hall–Kier alpha value is -2.32. The van der Waals surface area contributed by atoms with Crippen molar-refractivity contribution in [1.82, 2.24) is 15.5 Å². The second-order valence-electron chi connectivity index (χ2n) is 6.05. The summed E-state index contributed by atoms with van der Waals surface area (Å²) in [6.45, 7) is 3.41. The van der Waals surface area contributed by atoms with Crippen LogP contribution < -0.4 is 15.4 Å². The lowest BCUT2D eigenvalue weighted by Gasteiger charge is -2.40. The van der Waals surface area contributed by atoms with Crippen molar-refractivity contribution in [2.24, 2.45) is 0 Å². The van der Waals surface area contributed by atoms with Gasteiger partial charge in [0.15, 0.2) is 0 Å². The predicted octanol–water partition coefficient (Wildman–Crippen LogP) is -0.368. The third-order valence-electron chi connectivity index (χ3n) is 4.26. The van der Waals surface area contributed by atoms with Crippen molar-refractivity contribution < 1.29 is 24.5 Å². The molecule has 1 unspecified atom stereocenters. The van der Waals surface area contributed by atoms with E-state index in [2.05, 4.69) is 10.6 Å². The van der Waals surface area contributed by atoms with E-state index in [9.17, 15) is 14.7 Å². The molecule has 2 fully saturated rings. The van der Waals surface area contributed by atoms with Crippen LogP contribution >= 0.6 is 0 Å². The zero-order chi connectivity index (χ0) is 17.1. The summed E-state index contributed by atoms with van der Waals surface area (Å²) in [5.41, 5.74) is -0.250. The summed E-state index contributed by atoms with van der Waals surface area (Å²) in [6.07, 6.45) is 0.179. The molecule has 2 heterocycles. The van der Waals surface area contributed by atoms with Crippen LogP contribution in [-0.4, -0.2) is 71.9 Å². The number of carboxylic acid groups (broad SMARTS) is 1. The number of carbonyl (C=O) groups is 2. The number of ether oxygens (including phenoxy) is 1. The Morgan fingerprint density at radius 3 is 2.75 bits per heavy atom. The minimum Gasteiger partial charge on any atom is -0.507 e. The van der Waals surface area contributed by atoms with Gasteiger partial charge in [-0.15, -0.1) is 0 Å². The first-order valence-electron chi connectivity index (χ1n) is 7.98. The number of amides is 1. The Balaban J connectivity index is 1.51. The molecule has 1 amide bonds. The number of aromatic carboxylic acids is 1. The van der Waals surface area contributed by atoms with Crippen molar-refractivity contribution in [3.63, 3.8) is 0 Å². The normalized spacial score (nSPS) is 21.2. The van der Waals surface area contributed by atoms with E-state index in [1.165, 1.54) is 18.2 Å². The molecule has 0 radical (unpaired) electrons. The number of phenols is 1. The summed E-state index contributed by atoms with van der Waals surface area (Å²) in [4.78, 5) is 25.1. The van der Waals surface area contributed by atoms with Crippen molar-refractivity contribution in [3.05, 3.63) is 23.8 Å². The molecule has 0 bridgehead atoms. The Morgan fingerprint density at radius 1 is 1.29 bits per heavy atom. The quantitative estimate of drug-likeness (QED) is 0.581. The molecule has 0 spiro atoms. The average molecular weight is 335 g/mol. The van der Waals surface area contributed by atoms with Gasteiger partial charge in [0, 0.05) is 32.1 Å². The van der Waals surface area contributed by atoms with Crippen LogP contribution in [0.2, 0.25) is 0 Å². The van der Waals surface area contributed by atoms with Crippen molar-refractivity contribution in [3.8, 4) is 11.5 Å². The summed E-state index contributed by atoms with van der Waals surface area (Å²) in [7, 11) is 0. The van der Waals surface area contributed by atoms with E-state index in [-0.39, 0.29) is 35.1 Å². The Kier molecular flexibility index (Phi) is 4.86. The van der Waals surface area contributed by atoms with E-state index >= 15 is 0 Å². The van der Waals surface area contributed by atoms with Crippen LogP contribution in [0.3, 0.4) is 0 Å². The molecule has 8 nitrogen and oxygen atoms in total. The van der Waals surface area contributed by atoms with Gasteiger partial charge in [0.1, 0.15) is 23.2 Å². The van der Waals surface area contributed by atoms with Gasteiger partial charge in [-0.25, -0.2) is 4.79 Å². The summed E-state index contributed by atoms with van der Waals surface area (Å²) in [6, 6.07) is 4.49. The lowest BCUT2D eigenvalue weighted by molar-refractivity contribution is -0.140. The molecule has 2 aliphatic rings. The fourth-order valence-electron chi connectivity index (χ4n) is 2.93. The molecule has 8 heteroatoms. The summed E-state index contributed by atoms with van der Waals surface area (Å²) in [5, 5.41) is 25.3. The number of nitrogens with one attached hydrogen (secondary N) is 2. The standard InChI is InChI=1S/C16H21N3O5/c20-12-2-1-3-13(15(12)16(22)23)24-11-8-19(9-11)14(21)6-10-7-17-4-5-18-10/h1-3,10-11,17-18,20H,4-9H2,(H,22,23). The molecule has 1 atom stereocenters. The number of rotatable bonds is 5. The molecule has 3 rings (SSSR count). The van der Waals surface area contributed by atoms with E-state index in [1.807, 2.05) is 0 Å². The molecule has 24 heavy (non-hydrogen) atoms. The van der Waals surface area contributed by atoms with Crippen LogP contribution in [0.4, 0.5) is 0 Å². The van der Waals surface area contributed by atoms with Gasteiger partial charge < -0.3 is 30.5 Å². The molecular formula is C16H21N3O5. The molecule has 130 valence electrons. The molecule has 0 aromatic heterocycles. The Bertz CT molecular complexity index is 624. The van der Waals surface area contributed by atoms with Crippen molar-refractivity contribution in [1.29, 1.82) is 0 Å². The minimum absolute atomic E-state index is 0.0606. The highest BCUT2D eigenvalue weighted by atomic mass is 16.5. The first kappa shape index (κ1) is 16.5. The monoisotopic (exact) mass is 335 g/mol. The van der Waals surface area contributed by atoms with Crippen LogP contribution in [0, 0.1) is 0 Å². The third-order valence-corrected chi connectivity index (χ3v) is 4.26. The highest BCUT2D eigenvalue weighted by Gasteiger charge is 2.34. The largest absolute Gasteiger partial charge is 0.507 e. The van der Waals surface area contributed by atoms with Gasteiger partial charge in [0.05, 0.1) is 13.1 Å². The van der Waals surface area contributed by atoms with Crippen LogP contribution in [0.25, 0.3) is 0 Å². The maximum absolute atomic E-state index is 12.2. The van der Waals surface area contributed by atoms with Gasteiger partial charge in [0.2, 0.25) is 5.91 Å².